The van der Waals surface area contributed by atoms with E-state index in [0.717, 1.165) is 24.2 Å². The molecule has 0 bridgehead atoms. The monoisotopic (exact) mass is 306 g/mol. The molecule has 1 fully saturated rings. The van der Waals surface area contributed by atoms with Gasteiger partial charge in [-0.3, -0.25) is 4.79 Å². The topological polar surface area (TPSA) is 41.1 Å². The van der Waals surface area contributed by atoms with E-state index in [1.165, 1.54) is 0 Å². The van der Waals surface area contributed by atoms with Gasteiger partial charge in [0.2, 0.25) is 5.91 Å². The van der Waals surface area contributed by atoms with Crippen molar-refractivity contribution in [2.24, 2.45) is 11.3 Å². The summed E-state index contributed by atoms with van der Waals surface area (Å²) < 4.78 is 0. The molecule has 1 saturated heterocycles. The first kappa shape index (κ1) is 16.1. The van der Waals surface area contributed by atoms with Crippen LogP contribution >= 0.6 is 11.6 Å². The maximum atomic E-state index is 12.3. The van der Waals surface area contributed by atoms with Crippen molar-refractivity contribution in [1.29, 1.82) is 0 Å². The third-order valence-electron chi connectivity index (χ3n) is 3.85. The van der Waals surface area contributed by atoms with E-state index in [1.54, 1.807) is 6.07 Å². The van der Waals surface area contributed by atoms with Crippen molar-refractivity contribution in [2.75, 3.05) is 11.9 Å². The molecule has 0 aromatic heterocycles. The van der Waals surface area contributed by atoms with Crippen molar-refractivity contribution in [3.8, 4) is 0 Å². The Morgan fingerprint density at radius 3 is 2.81 bits per heavy atom. The summed E-state index contributed by atoms with van der Waals surface area (Å²) in [6.45, 7) is 10.6. The molecule has 1 heterocycles. The molecule has 1 aromatic carbocycles. The summed E-state index contributed by atoms with van der Waals surface area (Å²) in [5.74, 6) is 0.355. The van der Waals surface area contributed by atoms with Gasteiger partial charge < -0.3 is 10.6 Å². The summed E-state index contributed by atoms with van der Waals surface area (Å²) in [6, 6.07) is 5.76. The lowest BCUT2D eigenvalue weighted by Crippen LogP contribution is -2.29. The first-order valence-electron chi connectivity index (χ1n) is 7.30. The van der Waals surface area contributed by atoms with Crippen LogP contribution in [-0.2, 0) is 4.79 Å². The molecule has 2 atom stereocenters. The first-order chi connectivity index (χ1) is 9.82. The number of rotatable bonds is 3. The Bertz CT molecular complexity index is 548. The minimum absolute atomic E-state index is 0.000720. The average Bonchev–Trinajstić information content (AvgIpc) is 2.87. The zero-order valence-electron chi connectivity index (χ0n) is 12.9. The van der Waals surface area contributed by atoms with Crippen molar-refractivity contribution in [3.63, 3.8) is 0 Å². The third kappa shape index (κ3) is 3.66. The van der Waals surface area contributed by atoms with E-state index in [1.807, 2.05) is 39.0 Å². The number of carbonyl (C=O) groups is 1. The maximum Gasteiger partial charge on any atom is 0.229 e. The van der Waals surface area contributed by atoms with Crippen LogP contribution in [0.5, 0.6) is 0 Å². The van der Waals surface area contributed by atoms with Crippen LogP contribution < -0.4 is 10.6 Å². The summed E-state index contributed by atoms with van der Waals surface area (Å²) >= 11 is 6.15. The second kappa shape index (κ2) is 6.20. The van der Waals surface area contributed by atoms with Gasteiger partial charge in [0.25, 0.3) is 0 Å². The minimum Gasteiger partial charge on any atom is -0.325 e. The minimum atomic E-state index is -0.433. The van der Waals surface area contributed by atoms with Gasteiger partial charge >= 0.3 is 0 Å². The van der Waals surface area contributed by atoms with Gasteiger partial charge in [-0.25, -0.2) is 0 Å². The van der Waals surface area contributed by atoms with Gasteiger partial charge in [0.1, 0.15) is 0 Å². The van der Waals surface area contributed by atoms with Crippen LogP contribution in [0, 0.1) is 11.3 Å². The van der Waals surface area contributed by atoms with Crippen LogP contribution in [0.4, 0.5) is 5.69 Å². The lowest BCUT2D eigenvalue weighted by Gasteiger charge is -2.24. The first-order valence-corrected chi connectivity index (χ1v) is 7.67. The Morgan fingerprint density at radius 1 is 1.48 bits per heavy atom. The number of carbonyl (C=O) groups excluding carboxylic acids is 1. The fraction of sp³-hybridized carbons (Fsp3) is 0.471. The predicted octanol–water partition coefficient (Wildman–Crippen LogP) is 4.16. The van der Waals surface area contributed by atoms with Crippen molar-refractivity contribution in [1.82, 2.24) is 5.32 Å². The number of halogens is 1. The zero-order chi connectivity index (χ0) is 15.6. The molecule has 1 aromatic rings. The number of benzene rings is 1. The van der Waals surface area contributed by atoms with Crippen molar-refractivity contribution < 1.29 is 4.79 Å². The smallest absolute Gasteiger partial charge is 0.229 e. The number of hydrogen-bond donors (Lipinski definition) is 2. The highest BCUT2D eigenvalue weighted by Crippen LogP contribution is 2.36. The van der Waals surface area contributed by atoms with E-state index in [0.29, 0.717) is 10.9 Å². The molecule has 2 rings (SSSR count). The van der Waals surface area contributed by atoms with Gasteiger partial charge in [0.15, 0.2) is 0 Å². The highest BCUT2D eigenvalue weighted by molar-refractivity contribution is 6.30. The van der Waals surface area contributed by atoms with Crippen LogP contribution in [0.15, 0.2) is 30.9 Å². The Morgan fingerprint density at radius 2 is 2.19 bits per heavy atom. The summed E-state index contributed by atoms with van der Waals surface area (Å²) in [7, 11) is 0. The molecule has 21 heavy (non-hydrogen) atoms. The molecule has 3 nitrogen and oxygen atoms in total. The lowest BCUT2D eigenvalue weighted by atomic mass is 9.92. The number of nitrogens with one attached hydrogen (secondary N) is 2. The van der Waals surface area contributed by atoms with Crippen LogP contribution in [0.1, 0.15) is 38.8 Å². The maximum absolute atomic E-state index is 12.3. The molecule has 114 valence electrons. The van der Waals surface area contributed by atoms with Crippen molar-refractivity contribution >= 4 is 23.2 Å². The molecular formula is C17H23ClN2O. The largest absolute Gasteiger partial charge is 0.325 e. The van der Waals surface area contributed by atoms with E-state index in [4.69, 9.17) is 11.6 Å². The van der Waals surface area contributed by atoms with Crippen LogP contribution in [0.2, 0.25) is 5.02 Å². The average molecular weight is 307 g/mol. The molecule has 0 radical (unpaired) electrons. The highest BCUT2D eigenvalue weighted by Gasteiger charge is 2.29. The van der Waals surface area contributed by atoms with Gasteiger partial charge in [-0.2, -0.15) is 0 Å². The summed E-state index contributed by atoms with van der Waals surface area (Å²) in [6.07, 6.45) is 3.02. The van der Waals surface area contributed by atoms with Gasteiger partial charge in [-0.1, -0.05) is 38.4 Å². The Labute approximate surface area is 131 Å². The zero-order valence-corrected chi connectivity index (χ0v) is 13.6. The van der Waals surface area contributed by atoms with Gasteiger partial charge in [-0.05, 0) is 42.6 Å². The van der Waals surface area contributed by atoms with Crippen molar-refractivity contribution in [2.45, 2.75) is 33.2 Å². The lowest BCUT2D eigenvalue weighted by molar-refractivity contribution is -0.123. The van der Waals surface area contributed by atoms with Crippen LogP contribution in [0.25, 0.3) is 0 Å². The summed E-state index contributed by atoms with van der Waals surface area (Å²) in [5.41, 5.74) is 1.42. The normalized spacial score (nSPS) is 22.1. The molecule has 1 aliphatic rings. The molecule has 0 spiro atoms. The van der Waals surface area contributed by atoms with E-state index in [-0.39, 0.29) is 11.9 Å². The summed E-state index contributed by atoms with van der Waals surface area (Å²) in [4.78, 5) is 12.3. The van der Waals surface area contributed by atoms with E-state index in [2.05, 4.69) is 17.2 Å². The Hall–Kier alpha value is -1.32. The fourth-order valence-corrected chi connectivity index (χ4v) is 2.71. The van der Waals surface area contributed by atoms with Crippen LogP contribution in [0.3, 0.4) is 0 Å². The SMILES string of the molecule is C=C[C@H]1CCN[C@H]1c1cc(Cl)ccc1NC(=O)C(C)(C)C. The van der Waals surface area contributed by atoms with E-state index < -0.39 is 5.41 Å². The van der Waals surface area contributed by atoms with E-state index >= 15 is 0 Å². The summed E-state index contributed by atoms with van der Waals surface area (Å²) in [5, 5.41) is 7.18. The Kier molecular flexibility index (Phi) is 4.74. The number of amides is 1. The number of hydrogen-bond acceptors (Lipinski definition) is 2. The second-order valence-electron chi connectivity index (χ2n) is 6.56. The van der Waals surface area contributed by atoms with Crippen LogP contribution in [-0.4, -0.2) is 12.5 Å². The van der Waals surface area contributed by atoms with Crippen molar-refractivity contribution in [3.05, 3.63) is 41.4 Å². The molecule has 1 aliphatic heterocycles. The molecule has 2 N–H and O–H groups in total. The van der Waals surface area contributed by atoms with Gasteiger partial charge in [-0.15, -0.1) is 6.58 Å². The van der Waals surface area contributed by atoms with Gasteiger partial charge in [0, 0.05) is 22.2 Å². The van der Waals surface area contributed by atoms with Gasteiger partial charge in [0.05, 0.1) is 0 Å². The standard InChI is InChI=1S/C17H23ClN2O/c1-5-11-8-9-19-15(11)13-10-12(18)6-7-14(13)20-16(21)17(2,3)4/h5-7,10-11,15,19H,1,8-9H2,2-4H3,(H,20,21)/t11-,15+/m0/s1. The second-order valence-corrected chi connectivity index (χ2v) is 6.99. The Balaban J connectivity index is 2.34. The molecule has 1 amide bonds. The fourth-order valence-electron chi connectivity index (χ4n) is 2.53. The predicted molar refractivity (Wildman–Crippen MR) is 88.6 cm³/mol. The molecular weight excluding hydrogens is 284 g/mol. The highest BCUT2D eigenvalue weighted by atomic mass is 35.5. The molecule has 0 aliphatic carbocycles. The third-order valence-corrected chi connectivity index (χ3v) is 4.09. The number of anilines is 1. The molecule has 0 unspecified atom stereocenters. The molecule has 0 saturated carbocycles. The molecule has 4 heteroatoms. The quantitative estimate of drug-likeness (QED) is 0.823. The van der Waals surface area contributed by atoms with E-state index in [9.17, 15) is 4.79 Å².